The normalized spacial score (nSPS) is 17.8. The molecule has 4 nitrogen and oxygen atoms in total. The Balaban J connectivity index is 2.31. The third kappa shape index (κ3) is 2.16. The van der Waals surface area contributed by atoms with E-state index < -0.39 is 11.9 Å². The van der Waals surface area contributed by atoms with Crippen molar-refractivity contribution in [3.8, 4) is 0 Å². The van der Waals surface area contributed by atoms with E-state index in [1.807, 2.05) is 0 Å². The van der Waals surface area contributed by atoms with E-state index in [-0.39, 0.29) is 5.70 Å². The molecule has 1 aromatic rings. The Morgan fingerprint density at radius 2 is 2.00 bits per heavy atom. The number of hydrogen-bond acceptors (Lipinski definition) is 2. The van der Waals surface area contributed by atoms with Gasteiger partial charge in [-0.3, -0.25) is 10.1 Å². The number of amides is 3. The lowest BCUT2D eigenvalue weighted by Crippen LogP contribution is -2.22. The van der Waals surface area contributed by atoms with Crippen molar-refractivity contribution >= 4 is 29.6 Å². The Bertz CT molecular complexity index is 468. The molecule has 1 saturated heterocycles. The molecule has 0 atom stereocenters. The maximum Gasteiger partial charge on any atom is 0.326 e. The molecule has 0 saturated carbocycles. The fraction of sp³-hybridized carbons (Fsp3) is 0. The van der Waals surface area contributed by atoms with E-state index in [1.165, 1.54) is 0 Å². The van der Waals surface area contributed by atoms with Crippen molar-refractivity contribution in [1.29, 1.82) is 0 Å². The van der Waals surface area contributed by atoms with Crippen molar-refractivity contribution in [1.82, 2.24) is 10.6 Å². The zero-order valence-corrected chi connectivity index (χ0v) is 8.34. The third-order valence-corrected chi connectivity index (χ3v) is 2.11. The largest absolute Gasteiger partial charge is 0.326 e. The highest BCUT2D eigenvalue weighted by Crippen LogP contribution is 2.13. The number of hydrogen-bond donors (Lipinski definition) is 2. The van der Waals surface area contributed by atoms with Gasteiger partial charge in [0.25, 0.3) is 5.91 Å². The second-order valence-electron chi connectivity index (χ2n) is 3.02. The molecule has 1 aliphatic rings. The topological polar surface area (TPSA) is 58.2 Å². The van der Waals surface area contributed by atoms with Crippen molar-refractivity contribution in [3.05, 3.63) is 40.5 Å². The van der Waals surface area contributed by atoms with E-state index in [0.29, 0.717) is 5.02 Å². The molecule has 2 rings (SSSR count). The van der Waals surface area contributed by atoms with E-state index in [1.54, 1.807) is 30.3 Å². The molecule has 5 heteroatoms. The van der Waals surface area contributed by atoms with E-state index in [9.17, 15) is 9.59 Å². The molecule has 15 heavy (non-hydrogen) atoms. The first-order valence-electron chi connectivity index (χ1n) is 4.25. The molecular weight excluding hydrogens is 216 g/mol. The van der Waals surface area contributed by atoms with Gasteiger partial charge in [0, 0.05) is 5.02 Å². The first-order valence-corrected chi connectivity index (χ1v) is 4.62. The maximum atomic E-state index is 11.2. The van der Waals surface area contributed by atoms with Crippen LogP contribution in [0.15, 0.2) is 30.0 Å². The molecule has 3 amide bonds. The summed E-state index contributed by atoms with van der Waals surface area (Å²) in [6.45, 7) is 0. The number of carbonyl (C=O) groups is 2. The molecule has 1 fully saturated rings. The molecule has 0 radical (unpaired) electrons. The highest BCUT2D eigenvalue weighted by atomic mass is 35.5. The lowest BCUT2D eigenvalue weighted by Gasteiger charge is -1.96. The Kier molecular flexibility index (Phi) is 2.43. The van der Waals surface area contributed by atoms with Crippen molar-refractivity contribution in [2.24, 2.45) is 0 Å². The number of carbonyl (C=O) groups excluding carboxylic acids is 2. The summed E-state index contributed by atoms with van der Waals surface area (Å²) in [5.74, 6) is -0.431. The Hall–Kier alpha value is -1.81. The predicted octanol–water partition coefficient (Wildman–Crippen LogP) is 1.52. The predicted molar refractivity (Wildman–Crippen MR) is 56.1 cm³/mol. The van der Waals surface area contributed by atoms with Crippen molar-refractivity contribution in [3.63, 3.8) is 0 Å². The molecule has 1 aromatic carbocycles. The summed E-state index contributed by atoms with van der Waals surface area (Å²) in [5, 5.41) is 5.08. The molecule has 0 aromatic heterocycles. The highest BCUT2D eigenvalue weighted by molar-refractivity contribution is 6.30. The molecule has 1 heterocycles. The number of nitrogens with one attached hydrogen (secondary N) is 2. The van der Waals surface area contributed by atoms with Gasteiger partial charge in [-0.25, -0.2) is 4.79 Å². The lowest BCUT2D eigenvalue weighted by molar-refractivity contribution is -0.115. The Morgan fingerprint density at radius 3 is 2.60 bits per heavy atom. The summed E-state index contributed by atoms with van der Waals surface area (Å²) in [6, 6.07) is 6.48. The van der Waals surface area contributed by atoms with Gasteiger partial charge in [0.15, 0.2) is 0 Å². The van der Waals surface area contributed by atoms with Gasteiger partial charge in [-0.2, -0.15) is 0 Å². The lowest BCUT2D eigenvalue weighted by atomic mass is 10.2. The van der Waals surface area contributed by atoms with Crippen molar-refractivity contribution in [2.45, 2.75) is 0 Å². The van der Waals surface area contributed by atoms with Gasteiger partial charge in [-0.15, -0.1) is 0 Å². The van der Waals surface area contributed by atoms with Crippen LogP contribution < -0.4 is 10.6 Å². The zero-order chi connectivity index (χ0) is 10.8. The first kappa shape index (κ1) is 9.73. The Labute approximate surface area is 90.9 Å². The Morgan fingerprint density at radius 1 is 1.20 bits per heavy atom. The molecule has 0 aliphatic carbocycles. The molecule has 0 spiro atoms. The minimum absolute atomic E-state index is 0.224. The summed E-state index contributed by atoms with van der Waals surface area (Å²) >= 11 is 5.78. The number of benzene rings is 1. The summed E-state index contributed by atoms with van der Waals surface area (Å²) in [5.41, 5.74) is 0.983. The fourth-order valence-electron chi connectivity index (χ4n) is 1.25. The van der Waals surface area contributed by atoms with Gasteiger partial charge in [0.05, 0.1) is 0 Å². The van der Waals surface area contributed by atoms with Crippen LogP contribution in [0.1, 0.15) is 5.56 Å². The molecular formula is C10H7ClN2O2. The first-order chi connectivity index (χ1) is 7.15. The second kappa shape index (κ2) is 3.74. The average Bonchev–Trinajstić information content (AvgIpc) is 2.45. The molecule has 0 unspecified atom stereocenters. The van der Waals surface area contributed by atoms with Crippen molar-refractivity contribution < 1.29 is 9.59 Å². The molecule has 1 aliphatic heterocycles. The quantitative estimate of drug-likeness (QED) is 0.559. The highest BCUT2D eigenvalue weighted by Gasteiger charge is 2.22. The van der Waals surface area contributed by atoms with Gasteiger partial charge in [-0.05, 0) is 23.8 Å². The van der Waals surface area contributed by atoms with Crippen LogP contribution in [0.5, 0.6) is 0 Å². The number of imide groups is 1. The van der Waals surface area contributed by atoms with E-state index >= 15 is 0 Å². The van der Waals surface area contributed by atoms with Gasteiger partial charge in [0.2, 0.25) is 0 Å². The monoisotopic (exact) mass is 222 g/mol. The average molecular weight is 223 g/mol. The smallest absolute Gasteiger partial charge is 0.303 e. The summed E-state index contributed by atoms with van der Waals surface area (Å²) in [7, 11) is 0. The minimum atomic E-state index is -0.506. The van der Waals surface area contributed by atoms with Gasteiger partial charge >= 0.3 is 6.03 Å². The standard InChI is InChI=1S/C10H7ClN2O2/c11-7-3-1-2-6(4-7)5-8-9(14)13-10(15)12-8/h1-5H,(H2,12,13,14,15)/b8-5-. The SMILES string of the molecule is O=C1NC(=O)/C(=C/c2cccc(Cl)c2)N1. The molecule has 2 N–H and O–H groups in total. The fourth-order valence-corrected chi connectivity index (χ4v) is 1.44. The van der Waals surface area contributed by atoms with Crippen LogP contribution in [-0.4, -0.2) is 11.9 Å². The number of urea groups is 1. The summed E-state index contributed by atoms with van der Waals surface area (Å²) in [6.07, 6.45) is 1.56. The number of halogens is 1. The van der Waals surface area contributed by atoms with Crippen LogP contribution >= 0.6 is 11.6 Å². The maximum absolute atomic E-state index is 11.2. The zero-order valence-electron chi connectivity index (χ0n) is 7.58. The van der Waals surface area contributed by atoms with Crippen molar-refractivity contribution in [2.75, 3.05) is 0 Å². The van der Waals surface area contributed by atoms with Crippen LogP contribution in [0, 0.1) is 0 Å². The minimum Gasteiger partial charge on any atom is -0.303 e. The van der Waals surface area contributed by atoms with Crippen LogP contribution in [-0.2, 0) is 4.79 Å². The number of rotatable bonds is 1. The third-order valence-electron chi connectivity index (χ3n) is 1.88. The molecule has 76 valence electrons. The summed E-state index contributed by atoms with van der Waals surface area (Å²) in [4.78, 5) is 22.0. The van der Waals surface area contributed by atoms with Gasteiger partial charge in [-0.1, -0.05) is 23.7 Å². The van der Waals surface area contributed by atoms with Crippen LogP contribution in [0.25, 0.3) is 6.08 Å². The van der Waals surface area contributed by atoms with E-state index in [0.717, 1.165) is 5.56 Å². The van der Waals surface area contributed by atoms with E-state index in [2.05, 4.69) is 10.6 Å². The van der Waals surface area contributed by atoms with E-state index in [4.69, 9.17) is 11.6 Å². The van der Waals surface area contributed by atoms with Crippen LogP contribution in [0.4, 0.5) is 4.79 Å². The van der Waals surface area contributed by atoms with Gasteiger partial charge in [0.1, 0.15) is 5.70 Å². The molecule has 0 bridgehead atoms. The second-order valence-corrected chi connectivity index (χ2v) is 3.46. The van der Waals surface area contributed by atoms with Crippen LogP contribution in [0.2, 0.25) is 5.02 Å². The van der Waals surface area contributed by atoms with Crippen LogP contribution in [0.3, 0.4) is 0 Å². The van der Waals surface area contributed by atoms with Gasteiger partial charge < -0.3 is 5.32 Å². The summed E-state index contributed by atoms with van der Waals surface area (Å²) < 4.78 is 0.